The topological polar surface area (TPSA) is 50.4 Å². The van der Waals surface area contributed by atoms with Gasteiger partial charge in [0.05, 0.1) is 13.2 Å². The number of rotatable bonds is 6. The third kappa shape index (κ3) is 9.48. The molecule has 0 bridgehead atoms. The Balaban J connectivity index is 3.58. The molecule has 0 spiro atoms. The van der Waals surface area contributed by atoms with Gasteiger partial charge in [-0.25, -0.2) is 0 Å². The molecular formula is C8H15F3N2O2. The summed E-state index contributed by atoms with van der Waals surface area (Å²) in [7, 11) is 1.50. The van der Waals surface area contributed by atoms with Gasteiger partial charge >= 0.3 is 6.18 Å². The van der Waals surface area contributed by atoms with Crippen molar-refractivity contribution in [2.75, 3.05) is 26.8 Å². The summed E-state index contributed by atoms with van der Waals surface area (Å²) in [5, 5.41) is 4.47. The summed E-state index contributed by atoms with van der Waals surface area (Å²) in [6.45, 7) is 0.708. The zero-order chi connectivity index (χ0) is 11.9. The molecule has 0 aliphatic carbocycles. The van der Waals surface area contributed by atoms with E-state index in [9.17, 15) is 18.0 Å². The van der Waals surface area contributed by atoms with Gasteiger partial charge in [0.15, 0.2) is 0 Å². The second kappa shape index (κ2) is 6.62. The van der Waals surface area contributed by atoms with Gasteiger partial charge in [0.2, 0.25) is 5.91 Å². The third-order valence-corrected chi connectivity index (χ3v) is 1.51. The molecule has 1 amide bonds. The summed E-state index contributed by atoms with van der Waals surface area (Å²) in [4.78, 5) is 10.9. The number of nitrogens with one attached hydrogen (secondary N) is 2. The summed E-state index contributed by atoms with van der Waals surface area (Å²) in [5.74, 6) is -0.685. The molecule has 0 aromatic rings. The maximum Gasteiger partial charge on any atom is 0.405 e. The van der Waals surface area contributed by atoms with Crippen molar-refractivity contribution in [3.8, 4) is 0 Å². The molecule has 0 heterocycles. The van der Waals surface area contributed by atoms with E-state index >= 15 is 0 Å². The molecule has 1 unspecified atom stereocenters. The van der Waals surface area contributed by atoms with Crippen LogP contribution in [0.4, 0.5) is 13.2 Å². The van der Waals surface area contributed by atoms with E-state index in [2.05, 4.69) is 5.32 Å². The van der Waals surface area contributed by atoms with Crippen LogP contribution < -0.4 is 10.6 Å². The van der Waals surface area contributed by atoms with E-state index in [1.807, 2.05) is 0 Å². The highest BCUT2D eigenvalue weighted by Gasteiger charge is 2.27. The Morgan fingerprint density at radius 2 is 2.07 bits per heavy atom. The van der Waals surface area contributed by atoms with Crippen LogP contribution >= 0.6 is 0 Å². The van der Waals surface area contributed by atoms with E-state index in [4.69, 9.17) is 4.74 Å². The van der Waals surface area contributed by atoms with Crippen molar-refractivity contribution in [1.82, 2.24) is 10.6 Å². The minimum absolute atomic E-state index is 0.0772. The minimum atomic E-state index is -4.37. The molecule has 0 aliphatic rings. The first-order valence-electron chi connectivity index (χ1n) is 4.41. The highest BCUT2D eigenvalue weighted by Crippen LogP contribution is 2.11. The highest BCUT2D eigenvalue weighted by molar-refractivity contribution is 5.78. The van der Waals surface area contributed by atoms with Gasteiger partial charge in [0.1, 0.15) is 6.54 Å². The average Bonchev–Trinajstić information content (AvgIpc) is 2.11. The predicted molar refractivity (Wildman–Crippen MR) is 48.4 cm³/mol. The largest absolute Gasteiger partial charge is 0.405 e. The van der Waals surface area contributed by atoms with Crippen LogP contribution in [0.2, 0.25) is 0 Å². The van der Waals surface area contributed by atoms with Gasteiger partial charge in [-0.3, -0.25) is 4.79 Å². The van der Waals surface area contributed by atoms with Crippen LogP contribution in [0.25, 0.3) is 0 Å². The fraction of sp³-hybridized carbons (Fsp3) is 0.875. The van der Waals surface area contributed by atoms with E-state index in [0.717, 1.165) is 0 Å². The first-order chi connectivity index (χ1) is 6.85. The fourth-order valence-corrected chi connectivity index (χ4v) is 0.837. The Morgan fingerprint density at radius 1 is 1.47 bits per heavy atom. The van der Waals surface area contributed by atoms with Crippen LogP contribution in [-0.4, -0.2) is 44.9 Å². The zero-order valence-electron chi connectivity index (χ0n) is 8.65. The summed E-state index contributed by atoms with van der Waals surface area (Å²) >= 11 is 0. The van der Waals surface area contributed by atoms with Crippen LogP contribution in [0.15, 0.2) is 0 Å². The maximum absolute atomic E-state index is 11.7. The Labute approximate surface area is 86.2 Å². The van der Waals surface area contributed by atoms with Crippen LogP contribution in [-0.2, 0) is 9.53 Å². The summed E-state index contributed by atoms with van der Waals surface area (Å²) in [6, 6.07) is -0.0772. The molecule has 7 heteroatoms. The van der Waals surface area contributed by atoms with Crippen molar-refractivity contribution in [1.29, 1.82) is 0 Å². The Bertz CT molecular complexity index is 197. The van der Waals surface area contributed by atoms with Gasteiger partial charge in [-0.1, -0.05) is 0 Å². The molecule has 15 heavy (non-hydrogen) atoms. The number of hydrogen-bond donors (Lipinski definition) is 2. The number of halogens is 3. The Morgan fingerprint density at radius 3 is 2.53 bits per heavy atom. The van der Waals surface area contributed by atoms with Gasteiger partial charge in [-0.2, -0.15) is 13.2 Å². The van der Waals surface area contributed by atoms with Crippen LogP contribution in [0.1, 0.15) is 6.92 Å². The molecule has 0 saturated heterocycles. The molecule has 0 aliphatic heterocycles. The van der Waals surface area contributed by atoms with Crippen molar-refractivity contribution in [3.05, 3.63) is 0 Å². The normalized spacial score (nSPS) is 13.7. The molecule has 0 rings (SSSR count). The Kier molecular flexibility index (Phi) is 6.26. The van der Waals surface area contributed by atoms with Crippen LogP contribution in [0.5, 0.6) is 0 Å². The minimum Gasteiger partial charge on any atom is -0.383 e. The lowest BCUT2D eigenvalue weighted by Gasteiger charge is -2.13. The summed E-state index contributed by atoms with van der Waals surface area (Å²) in [5.41, 5.74) is 0. The molecule has 2 N–H and O–H groups in total. The van der Waals surface area contributed by atoms with E-state index in [-0.39, 0.29) is 12.6 Å². The quantitative estimate of drug-likeness (QED) is 0.687. The van der Waals surface area contributed by atoms with Crippen molar-refractivity contribution in [3.63, 3.8) is 0 Å². The molecule has 90 valence electrons. The molecule has 0 aromatic carbocycles. The van der Waals surface area contributed by atoms with Gasteiger partial charge < -0.3 is 15.4 Å². The van der Waals surface area contributed by atoms with E-state index in [1.165, 1.54) is 7.11 Å². The zero-order valence-corrected chi connectivity index (χ0v) is 8.65. The predicted octanol–water partition coefficient (Wildman–Crippen LogP) is 0.289. The van der Waals surface area contributed by atoms with E-state index in [1.54, 1.807) is 12.2 Å². The molecule has 1 atom stereocenters. The number of ether oxygens (including phenoxy) is 1. The van der Waals surface area contributed by atoms with E-state index in [0.29, 0.717) is 6.61 Å². The number of alkyl halides is 3. The number of amides is 1. The fourth-order valence-electron chi connectivity index (χ4n) is 0.837. The molecule has 0 radical (unpaired) electrons. The number of methoxy groups -OCH3 is 1. The summed E-state index contributed by atoms with van der Waals surface area (Å²) in [6.07, 6.45) is -4.37. The second-order valence-corrected chi connectivity index (χ2v) is 3.13. The number of carbonyl (C=O) groups excluding carboxylic acids is 1. The Hall–Kier alpha value is -0.820. The van der Waals surface area contributed by atoms with Gasteiger partial charge in [-0.15, -0.1) is 0 Å². The lowest BCUT2D eigenvalue weighted by atomic mass is 10.3. The molecule has 4 nitrogen and oxygen atoms in total. The van der Waals surface area contributed by atoms with Crippen molar-refractivity contribution in [2.45, 2.75) is 19.1 Å². The van der Waals surface area contributed by atoms with Gasteiger partial charge in [-0.05, 0) is 6.92 Å². The second-order valence-electron chi connectivity index (χ2n) is 3.13. The maximum atomic E-state index is 11.7. The van der Waals surface area contributed by atoms with Crippen molar-refractivity contribution in [2.24, 2.45) is 0 Å². The number of carbonyl (C=O) groups is 1. The van der Waals surface area contributed by atoms with Crippen molar-refractivity contribution < 1.29 is 22.7 Å². The van der Waals surface area contributed by atoms with Gasteiger partial charge in [0, 0.05) is 13.2 Å². The highest BCUT2D eigenvalue weighted by atomic mass is 19.4. The van der Waals surface area contributed by atoms with Crippen LogP contribution in [0, 0.1) is 0 Å². The lowest BCUT2D eigenvalue weighted by molar-refractivity contribution is -0.138. The SMILES string of the molecule is COCC(C)NCC(=O)NCC(F)(F)F. The first kappa shape index (κ1) is 14.2. The molecular weight excluding hydrogens is 213 g/mol. The first-order valence-corrected chi connectivity index (χ1v) is 4.41. The summed E-state index contributed by atoms with van der Waals surface area (Å²) < 4.78 is 39.8. The molecule has 0 fully saturated rings. The smallest absolute Gasteiger partial charge is 0.383 e. The van der Waals surface area contributed by atoms with E-state index < -0.39 is 18.6 Å². The monoisotopic (exact) mass is 228 g/mol. The molecule has 0 saturated carbocycles. The lowest BCUT2D eigenvalue weighted by Crippen LogP contribution is -2.42. The standard InChI is InChI=1S/C8H15F3N2O2/c1-6(4-15-2)12-3-7(14)13-5-8(9,10)11/h6,12H,3-5H2,1-2H3,(H,13,14). The average molecular weight is 228 g/mol. The van der Waals surface area contributed by atoms with Crippen LogP contribution in [0.3, 0.4) is 0 Å². The molecule has 0 aromatic heterocycles. The number of hydrogen-bond acceptors (Lipinski definition) is 3. The third-order valence-electron chi connectivity index (χ3n) is 1.51. The van der Waals surface area contributed by atoms with Gasteiger partial charge in [0.25, 0.3) is 0 Å². The van der Waals surface area contributed by atoms with Crippen molar-refractivity contribution >= 4 is 5.91 Å².